The molecule has 2 aliphatic rings. The van der Waals surface area contributed by atoms with Crippen molar-refractivity contribution in [3.63, 3.8) is 0 Å². The van der Waals surface area contributed by atoms with Crippen LogP contribution in [0.15, 0.2) is 29.2 Å². The Morgan fingerprint density at radius 1 is 1.00 bits per heavy atom. The number of benzene rings is 1. The van der Waals surface area contributed by atoms with E-state index in [0.717, 1.165) is 37.7 Å². The minimum atomic E-state index is -3.41. The van der Waals surface area contributed by atoms with Gasteiger partial charge in [0.1, 0.15) is 0 Å². The lowest BCUT2D eigenvalue weighted by Crippen LogP contribution is -2.43. The Bertz CT molecular complexity index is 689. The lowest BCUT2D eigenvalue weighted by molar-refractivity contribution is -0.131. The number of piperidine rings is 2. The first-order valence-corrected chi connectivity index (χ1v) is 10.5. The summed E-state index contributed by atoms with van der Waals surface area (Å²) >= 11 is 0. The summed E-state index contributed by atoms with van der Waals surface area (Å²) in [5.74, 6) is 0.0820. The van der Waals surface area contributed by atoms with Crippen LogP contribution in [0.4, 0.5) is 0 Å². The molecule has 1 aromatic carbocycles. The van der Waals surface area contributed by atoms with E-state index < -0.39 is 10.0 Å². The molecule has 0 spiro atoms. The minimum absolute atomic E-state index is 0.0820. The van der Waals surface area contributed by atoms with E-state index in [1.165, 1.54) is 0 Å². The summed E-state index contributed by atoms with van der Waals surface area (Å²) in [6.07, 6.45) is 4.93. The van der Waals surface area contributed by atoms with Gasteiger partial charge in [0.25, 0.3) is 0 Å². The minimum Gasteiger partial charge on any atom is -0.342 e. The Labute approximate surface area is 150 Å². The highest BCUT2D eigenvalue weighted by atomic mass is 32.2. The zero-order valence-corrected chi connectivity index (χ0v) is 15.4. The third-order valence-corrected chi connectivity index (χ3v) is 7.04. The maximum Gasteiger partial charge on any atom is 0.243 e. The molecule has 1 amide bonds. The van der Waals surface area contributed by atoms with Gasteiger partial charge in [-0.05, 0) is 43.4 Å². The van der Waals surface area contributed by atoms with Crippen molar-refractivity contribution in [3.05, 3.63) is 29.8 Å². The van der Waals surface area contributed by atoms with Gasteiger partial charge in [0.15, 0.2) is 0 Å². The summed E-state index contributed by atoms with van der Waals surface area (Å²) in [5, 5.41) is 0. The van der Waals surface area contributed by atoms with Crippen LogP contribution in [0.25, 0.3) is 0 Å². The average Bonchev–Trinajstić information content (AvgIpc) is 2.63. The van der Waals surface area contributed by atoms with Crippen molar-refractivity contribution in [3.8, 4) is 0 Å². The van der Waals surface area contributed by atoms with E-state index in [4.69, 9.17) is 5.73 Å². The van der Waals surface area contributed by atoms with Crippen molar-refractivity contribution in [2.75, 3.05) is 26.2 Å². The molecule has 25 heavy (non-hydrogen) atoms. The first-order valence-electron chi connectivity index (χ1n) is 9.09. The van der Waals surface area contributed by atoms with Crippen LogP contribution in [0.1, 0.15) is 37.7 Å². The lowest BCUT2D eigenvalue weighted by atomic mass is 10.0. The summed E-state index contributed by atoms with van der Waals surface area (Å²) in [5.41, 5.74) is 6.71. The standard InChI is InChI=1S/C18H27N3O3S/c19-16-8-12-20(13-9-16)18(22)14-15-4-6-17(7-5-15)25(23,24)21-10-2-1-3-11-21/h4-7,16H,1-3,8-14,19H2. The summed E-state index contributed by atoms with van der Waals surface area (Å²) in [4.78, 5) is 14.5. The number of nitrogens with zero attached hydrogens (tertiary/aromatic N) is 2. The molecule has 0 atom stereocenters. The quantitative estimate of drug-likeness (QED) is 0.873. The molecule has 2 fully saturated rings. The maximum absolute atomic E-state index is 12.6. The van der Waals surface area contributed by atoms with E-state index in [2.05, 4.69) is 0 Å². The second kappa shape index (κ2) is 7.85. The van der Waals surface area contributed by atoms with Crippen molar-refractivity contribution in [1.82, 2.24) is 9.21 Å². The van der Waals surface area contributed by atoms with Crippen molar-refractivity contribution in [2.24, 2.45) is 5.73 Å². The average molecular weight is 365 g/mol. The van der Waals surface area contributed by atoms with Gasteiger partial charge in [0.05, 0.1) is 11.3 Å². The molecular weight excluding hydrogens is 338 g/mol. The van der Waals surface area contributed by atoms with Crippen molar-refractivity contribution >= 4 is 15.9 Å². The second-order valence-corrected chi connectivity index (χ2v) is 8.94. The molecule has 0 radical (unpaired) electrons. The molecule has 0 aromatic heterocycles. The number of nitrogens with two attached hydrogens (primary N) is 1. The van der Waals surface area contributed by atoms with Crippen LogP contribution in [0, 0.1) is 0 Å². The highest BCUT2D eigenvalue weighted by molar-refractivity contribution is 7.89. The van der Waals surface area contributed by atoms with Crippen LogP contribution in [0.2, 0.25) is 0 Å². The van der Waals surface area contributed by atoms with Gasteiger partial charge in [-0.1, -0.05) is 18.6 Å². The summed E-state index contributed by atoms with van der Waals surface area (Å²) in [6.45, 7) is 2.61. The highest BCUT2D eigenvalue weighted by Gasteiger charge is 2.26. The van der Waals surface area contributed by atoms with Crippen LogP contribution >= 0.6 is 0 Å². The van der Waals surface area contributed by atoms with Crippen LogP contribution < -0.4 is 5.73 Å². The molecule has 6 nitrogen and oxygen atoms in total. The smallest absolute Gasteiger partial charge is 0.243 e. The summed E-state index contributed by atoms with van der Waals surface area (Å²) in [6, 6.07) is 6.95. The Balaban J connectivity index is 1.63. The van der Waals surface area contributed by atoms with Gasteiger partial charge in [0, 0.05) is 32.2 Å². The molecule has 138 valence electrons. The predicted octanol–water partition coefficient (Wildman–Crippen LogP) is 1.35. The molecule has 2 N–H and O–H groups in total. The zero-order valence-electron chi connectivity index (χ0n) is 14.6. The molecule has 0 unspecified atom stereocenters. The number of hydrogen-bond donors (Lipinski definition) is 1. The Morgan fingerprint density at radius 3 is 2.20 bits per heavy atom. The summed E-state index contributed by atoms with van der Waals surface area (Å²) < 4.78 is 26.8. The van der Waals surface area contributed by atoms with Crippen LogP contribution in [0.5, 0.6) is 0 Å². The van der Waals surface area contributed by atoms with E-state index in [1.807, 2.05) is 4.90 Å². The highest BCUT2D eigenvalue weighted by Crippen LogP contribution is 2.21. The predicted molar refractivity (Wildman–Crippen MR) is 96.5 cm³/mol. The molecule has 1 aromatic rings. The second-order valence-electron chi connectivity index (χ2n) is 7.00. The molecular formula is C18H27N3O3S. The Hall–Kier alpha value is -1.44. The third-order valence-electron chi connectivity index (χ3n) is 5.12. The fraction of sp³-hybridized carbons (Fsp3) is 0.611. The van der Waals surface area contributed by atoms with Gasteiger partial charge < -0.3 is 10.6 Å². The molecule has 2 saturated heterocycles. The first kappa shape index (κ1) is 18.4. The van der Waals surface area contributed by atoms with Gasteiger partial charge in [-0.15, -0.1) is 0 Å². The molecule has 7 heteroatoms. The number of rotatable bonds is 4. The van der Waals surface area contributed by atoms with Gasteiger partial charge in [0.2, 0.25) is 15.9 Å². The van der Waals surface area contributed by atoms with Crippen molar-refractivity contribution in [1.29, 1.82) is 0 Å². The fourth-order valence-corrected chi connectivity index (χ4v) is 4.99. The largest absolute Gasteiger partial charge is 0.342 e. The third kappa shape index (κ3) is 4.40. The first-order chi connectivity index (χ1) is 12.0. The van der Waals surface area contributed by atoms with E-state index in [0.29, 0.717) is 37.5 Å². The molecule has 0 bridgehead atoms. The number of hydrogen-bond acceptors (Lipinski definition) is 4. The maximum atomic E-state index is 12.6. The van der Waals surface area contributed by atoms with Crippen LogP contribution in [-0.2, 0) is 21.2 Å². The van der Waals surface area contributed by atoms with Gasteiger partial charge >= 0.3 is 0 Å². The zero-order chi connectivity index (χ0) is 17.9. The fourth-order valence-electron chi connectivity index (χ4n) is 3.47. The topological polar surface area (TPSA) is 83.7 Å². The van der Waals surface area contributed by atoms with E-state index in [-0.39, 0.29) is 11.9 Å². The van der Waals surface area contributed by atoms with Crippen molar-refractivity contribution < 1.29 is 13.2 Å². The van der Waals surface area contributed by atoms with Gasteiger partial charge in [-0.3, -0.25) is 4.79 Å². The lowest BCUT2D eigenvalue weighted by Gasteiger charge is -2.30. The van der Waals surface area contributed by atoms with Crippen molar-refractivity contribution in [2.45, 2.75) is 49.5 Å². The summed E-state index contributed by atoms with van der Waals surface area (Å²) in [7, 11) is -3.41. The SMILES string of the molecule is NC1CCN(C(=O)Cc2ccc(S(=O)(=O)N3CCCCC3)cc2)CC1. The van der Waals surface area contributed by atoms with Crippen LogP contribution in [-0.4, -0.2) is 55.8 Å². The van der Waals surface area contributed by atoms with E-state index in [1.54, 1.807) is 28.6 Å². The number of sulfonamides is 1. The molecule has 0 saturated carbocycles. The van der Waals surface area contributed by atoms with Gasteiger partial charge in [-0.25, -0.2) is 8.42 Å². The molecule has 3 rings (SSSR count). The number of amides is 1. The molecule has 2 heterocycles. The van der Waals surface area contributed by atoms with Gasteiger partial charge in [-0.2, -0.15) is 4.31 Å². The number of carbonyl (C=O) groups is 1. The van der Waals surface area contributed by atoms with Crippen LogP contribution in [0.3, 0.4) is 0 Å². The monoisotopic (exact) mass is 365 g/mol. The normalized spacial score (nSPS) is 20.6. The molecule has 2 aliphatic heterocycles. The Kier molecular flexibility index (Phi) is 5.76. The Morgan fingerprint density at radius 2 is 1.60 bits per heavy atom. The molecule has 0 aliphatic carbocycles. The van der Waals surface area contributed by atoms with E-state index in [9.17, 15) is 13.2 Å². The number of carbonyl (C=O) groups excluding carboxylic acids is 1. The van der Waals surface area contributed by atoms with E-state index >= 15 is 0 Å². The number of likely N-dealkylation sites (tertiary alicyclic amines) is 1.